The zero-order valence-corrected chi connectivity index (χ0v) is 16.4. The van der Waals surface area contributed by atoms with Crippen LogP contribution in [0.2, 0.25) is 0 Å². The van der Waals surface area contributed by atoms with Gasteiger partial charge < -0.3 is 14.8 Å². The average Bonchev–Trinajstić information content (AvgIpc) is 3.47. The third-order valence-corrected chi connectivity index (χ3v) is 5.40. The summed E-state index contributed by atoms with van der Waals surface area (Å²) in [6, 6.07) is 14.0. The number of piperazine rings is 1. The Bertz CT molecular complexity index is 1260. The summed E-state index contributed by atoms with van der Waals surface area (Å²) in [6.07, 6.45) is 1.39. The van der Waals surface area contributed by atoms with Crippen molar-refractivity contribution in [1.82, 2.24) is 30.1 Å². The van der Waals surface area contributed by atoms with Crippen LogP contribution in [0.25, 0.3) is 16.6 Å². The lowest BCUT2D eigenvalue weighted by Gasteiger charge is -2.34. The van der Waals surface area contributed by atoms with E-state index in [0.717, 1.165) is 5.69 Å². The fourth-order valence-electron chi connectivity index (χ4n) is 3.80. The van der Waals surface area contributed by atoms with Gasteiger partial charge in [0.1, 0.15) is 5.82 Å². The maximum atomic E-state index is 14.2. The smallest absolute Gasteiger partial charge is 0.295 e. The predicted molar refractivity (Wildman–Crippen MR) is 111 cm³/mol. The molecule has 4 aromatic rings. The van der Waals surface area contributed by atoms with Crippen LogP contribution in [0.15, 0.2) is 54.7 Å². The van der Waals surface area contributed by atoms with Crippen LogP contribution >= 0.6 is 0 Å². The highest BCUT2D eigenvalue weighted by molar-refractivity contribution is 6.44. The molecule has 2 aromatic heterocycles. The molecule has 0 saturated carbocycles. The summed E-state index contributed by atoms with van der Waals surface area (Å²) in [5, 5.41) is 12.1. The van der Waals surface area contributed by atoms with Gasteiger partial charge in [0.2, 0.25) is 5.95 Å². The minimum atomic E-state index is -0.723. The zero-order chi connectivity index (χ0) is 21.4. The molecule has 0 aliphatic carbocycles. The summed E-state index contributed by atoms with van der Waals surface area (Å²) in [4.78, 5) is 31.9. The highest BCUT2D eigenvalue weighted by Crippen LogP contribution is 2.23. The van der Waals surface area contributed by atoms with Crippen molar-refractivity contribution in [2.75, 3.05) is 31.1 Å². The standard InChI is InChI=1S/C21H18FN7O2/c22-16-7-4-8-17-18(16)15(13-23-17)19(30)20(31)27-9-11-28(12-10-27)21-24-25-26-29(21)14-5-2-1-3-6-14/h1-8,13,23H,9-12H2. The fraction of sp³-hybridized carbons (Fsp3) is 0.190. The Balaban J connectivity index is 1.31. The van der Waals surface area contributed by atoms with Crippen molar-refractivity contribution in [3.05, 3.63) is 66.1 Å². The van der Waals surface area contributed by atoms with Gasteiger partial charge in [-0.1, -0.05) is 29.4 Å². The summed E-state index contributed by atoms with van der Waals surface area (Å²) in [5.41, 5.74) is 1.36. The number of aromatic amines is 1. The van der Waals surface area contributed by atoms with Crippen LogP contribution in [0.1, 0.15) is 10.4 Å². The normalized spacial score (nSPS) is 14.2. The number of carbonyl (C=O) groups is 2. The van der Waals surface area contributed by atoms with Crippen molar-refractivity contribution >= 4 is 28.5 Å². The van der Waals surface area contributed by atoms with Crippen LogP contribution in [0.3, 0.4) is 0 Å². The van der Waals surface area contributed by atoms with Crippen molar-refractivity contribution < 1.29 is 14.0 Å². The first-order valence-electron chi connectivity index (χ1n) is 9.81. The van der Waals surface area contributed by atoms with E-state index in [1.165, 1.54) is 17.2 Å². The van der Waals surface area contributed by atoms with Crippen molar-refractivity contribution in [3.8, 4) is 5.69 Å². The number of aromatic nitrogens is 5. The summed E-state index contributed by atoms with van der Waals surface area (Å²) in [5.74, 6) is -1.33. The third kappa shape index (κ3) is 3.31. The molecule has 31 heavy (non-hydrogen) atoms. The number of H-pyrrole nitrogens is 1. The number of rotatable bonds is 4. The second kappa shape index (κ2) is 7.63. The summed E-state index contributed by atoms with van der Waals surface area (Å²) in [7, 11) is 0. The molecule has 0 bridgehead atoms. The molecule has 1 saturated heterocycles. The molecule has 10 heteroatoms. The van der Waals surface area contributed by atoms with Crippen molar-refractivity contribution in [1.29, 1.82) is 0 Å². The molecule has 2 aromatic carbocycles. The molecule has 1 amide bonds. The minimum Gasteiger partial charge on any atom is -0.360 e. The van der Waals surface area contributed by atoms with Crippen molar-refractivity contribution in [3.63, 3.8) is 0 Å². The largest absolute Gasteiger partial charge is 0.360 e. The van der Waals surface area contributed by atoms with Crippen LogP contribution in [0.4, 0.5) is 10.3 Å². The van der Waals surface area contributed by atoms with E-state index in [-0.39, 0.29) is 10.9 Å². The topological polar surface area (TPSA) is 100 Å². The summed E-state index contributed by atoms with van der Waals surface area (Å²) >= 11 is 0. The van der Waals surface area contributed by atoms with Gasteiger partial charge in [0.25, 0.3) is 11.7 Å². The van der Waals surface area contributed by atoms with Crippen LogP contribution in [-0.2, 0) is 4.79 Å². The van der Waals surface area contributed by atoms with Crippen LogP contribution < -0.4 is 4.90 Å². The lowest BCUT2D eigenvalue weighted by Crippen LogP contribution is -2.51. The minimum absolute atomic E-state index is 0.0496. The number of para-hydroxylation sites is 1. The third-order valence-electron chi connectivity index (χ3n) is 5.40. The second-order valence-electron chi connectivity index (χ2n) is 7.20. The van der Waals surface area contributed by atoms with Crippen molar-refractivity contribution in [2.45, 2.75) is 0 Å². The van der Waals surface area contributed by atoms with Gasteiger partial charge in [-0.05, 0) is 34.7 Å². The fourth-order valence-corrected chi connectivity index (χ4v) is 3.80. The SMILES string of the molecule is O=C(C(=O)N1CCN(c2nnnn2-c2ccccc2)CC1)c1c[nH]c2cccc(F)c12. The van der Waals surface area contributed by atoms with E-state index < -0.39 is 17.5 Å². The zero-order valence-electron chi connectivity index (χ0n) is 16.4. The Kier molecular flexibility index (Phi) is 4.66. The number of anilines is 1. The molecular weight excluding hydrogens is 401 g/mol. The van der Waals surface area contributed by atoms with Crippen LogP contribution in [0, 0.1) is 5.82 Å². The quantitative estimate of drug-likeness (QED) is 0.400. The van der Waals surface area contributed by atoms with Crippen LogP contribution in [0.5, 0.6) is 0 Å². The molecule has 5 rings (SSSR count). The van der Waals surface area contributed by atoms with Gasteiger partial charge in [-0.25, -0.2) is 4.39 Å². The van der Waals surface area contributed by atoms with Gasteiger partial charge >= 0.3 is 0 Å². The second-order valence-corrected chi connectivity index (χ2v) is 7.20. The van der Waals surface area contributed by atoms with E-state index in [1.54, 1.807) is 16.8 Å². The molecule has 1 N–H and O–H groups in total. The van der Waals surface area contributed by atoms with E-state index in [2.05, 4.69) is 20.5 Å². The van der Waals surface area contributed by atoms with Gasteiger partial charge in [-0.2, -0.15) is 4.68 Å². The van der Waals surface area contributed by atoms with E-state index in [9.17, 15) is 14.0 Å². The molecule has 0 unspecified atom stereocenters. The molecule has 1 aliphatic rings. The number of Topliss-reactive ketones (excluding diaryl/α,β-unsaturated/α-hetero) is 1. The van der Waals surface area contributed by atoms with Crippen molar-refractivity contribution in [2.24, 2.45) is 0 Å². The van der Waals surface area contributed by atoms with E-state index in [4.69, 9.17) is 0 Å². The Labute approximate surface area is 176 Å². The number of hydrogen-bond donors (Lipinski definition) is 1. The lowest BCUT2D eigenvalue weighted by atomic mass is 10.1. The molecule has 0 spiro atoms. The first-order chi connectivity index (χ1) is 15.1. The number of tetrazole rings is 1. The van der Waals surface area contributed by atoms with E-state index in [1.807, 2.05) is 35.2 Å². The number of ketones is 1. The van der Waals surface area contributed by atoms with E-state index in [0.29, 0.717) is 37.6 Å². The highest BCUT2D eigenvalue weighted by atomic mass is 19.1. The Hall–Kier alpha value is -4.08. The Morgan fingerprint density at radius 2 is 1.74 bits per heavy atom. The summed E-state index contributed by atoms with van der Waals surface area (Å²) in [6.45, 7) is 1.59. The van der Waals surface area contributed by atoms with Gasteiger partial charge in [-0.3, -0.25) is 9.59 Å². The number of carbonyl (C=O) groups excluding carboxylic acids is 2. The molecule has 9 nitrogen and oxygen atoms in total. The number of amides is 1. The molecule has 1 fully saturated rings. The highest BCUT2D eigenvalue weighted by Gasteiger charge is 2.30. The van der Waals surface area contributed by atoms with Gasteiger partial charge in [0.05, 0.1) is 11.3 Å². The van der Waals surface area contributed by atoms with Gasteiger partial charge in [0, 0.05) is 43.3 Å². The van der Waals surface area contributed by atoms with Crippen LogP contribution in [-0.4, -0.2) is 68.0 Å². The molecule has 156 valence electrons. The molecular formula is C21H18FN7O2. The average molecular weight is 419 g/mol. The number of hydrogen-bond acceptors (Lipinski definition) is 6. The number of nitrogens with zero attached hydrogens (tertiary/aromatic N) is 6. The maximum absolute atomic E-state index is 14.2. The molecule has 0 radical (unpaired) electrons. The predicted octanol–water partition coefficient (Wildman–Crippen LogP) is 1.81. The number of fused-ring (bicyclic) bond motifs is 1. The van der Waals surface area contributed by atoms with Gasteiger partial charge in [0.15, 0.2) is 0 Å². The number of benzene rings is 2. The molecule has 0 atom stereocenters. The van der Waals surface area contributed by atoms with Gasteiger partial charge in [-0.15, -0.1) is 0 Å². The Morgan fingerprint density at radius 3 is 2.52 bits per heavy atom. The number of nitrogens with one attached hydrogen (secondary N) is 1. The number of halogens is 1. The monoisotopic (exact) mass is 419 g/mol. The summed E-state index contributed by atoms with van der Waals surface area (Å²) < 4.78 is 15.8. The first kappa shape index (κ1) is 18.9. The molecule has 1 aliphatic heterocycles. The Morgan fingerprint density at radius 1 is 0.968 bits per heavy atom. The lowest BCUT2D eigenvalue weighted by molar-refractivity contribution is -0.126. The first-order valence-corrected chi connectivity index (χ1v) is 9.81. The maximum Gasteiger partial charge on any atom is 0.295 e. The molecule has 3 heterocycles. The van der Waals surface area contributed by atoms with E-state index >= 15 is 0 Å².